The van der Waals surface area contributed by atoms with Crippen molar-refractivity contribution in [1.29, 1.82) is 0 Å². The average molecular weight is 371 g/mol. The number of anilines is 2. The van der Waals surface area contributed by atoms with Crippen molar-refractivity contribution >= 4 is 40.9 Å². The molecule has 0 saturated carbocycles. The number of benzene rings is 2. The molecule has 4 nitrogen and oxygen atoms in total. The van der Waals surface area contributed by atoms with E-state index >= 15 is 0 Å². The van der Waals surface area contributed by atoms with Crippen LogP contribution < -0.4 is 10.6 Å². The Labute approximate surface area is 159 Å². The molecule has 2 aromatic rings. The maximum Gasteiger partial charge on any atom is 0.248 e. The topological polar surface area (TPSA) is 58.2 Å². The summed E-state index contributed by atoms with van der Waals surface area (Å²) in [5, 5.41) is 5.88. The van der Waals surface area contributed by atoms with Crippen molar-refractivity contribution in [3.63, 3.8) is 0 Å². The molecule has 0 atom stereocenters. The van der Waals surface area contributed by atoms with Crippen molar-refractivity contribution in [2.75, 3.05) is 10.6 Å². The van der Waals surface area contributed by atoms with Gasteiger partial charge in [0.15, 0.2) is 0 Å². The summed E-state index contributed by atoms with van der Waals surface area (Å²) in [7, 11) is 0. The third kappa shape index (κ3) is 5.74. The molecule has 0 heterocycles. The quantitative estimate of drug-likeness (QED) is 0.663. The second-order valence-corrected chi connectivity index (χ2v) is 6.65. The standard InChI is InChI=1S/C21H23ClN2O2/c1-4-20(25)23-17-10-11-18(22)19(13-17)24-21(26)12-7-15-5-8-16(9-6-15)14(2)3/h5-14H,4H2,1-3H3,(H,23,25)(H,24,26)/b12-7+. The van der Waals surface area contributed by atoms with E-state index in [2.05, 4.69) is 36.6 Å². The third-order valence-electron chi connectivity index (χ3n) is 3.86. The highest BCUT2D eigenvalue weighted by molar-refractivity contribution is 6.34. The molecule has 26 heavy (non-hydrogen) atoms. The maximum absolute atomic E-state index is 12.2. The normalized spacial score (nSPS) is 11.0. The number of halogens is 1. The number of amides is 2. The van der Waals surface area contributed by atoms with Crippen LogP contribution in [0.1, 0.15) is 44.2 Å². The first-order valence-electron chi connectivity index (χ1n) is 8.57. The number of rotatable bonds is 6. The molecular weight excluding hydrogens is 348 g/mol. The molecule has 136 valence electrons. The van der Waals surface area contributed by atoms with Crippen molar-refractivity contribution in [1.82, 2.24) is 0 Å². The summed E-state index contributed by atoms with van der Waals surface area (Å²) < 4.78 is 0. The average Bonchev–Trinajstić information content (AvgIpc) is 2.63. The summed E-state index contributed by atoms with van der Waals surface area (Å²) in [6.07, 6.45) is 3.58. The smallest absolute Gasteiger partial charge is 0.248 e. The summed E-state index contributed by atoms with van der Waals surface area (Å²) in [6, 6.07) is 13.0. The van der Waals surface area contributed by atoms with E-state index in [4.69, 9.17) is 11.6 Å². The van der Waals surface area contributed by atoms with E-state index in [-0.39, 0.29) is 11.8 Å². The fourth-order valence-electron chi connectivity index (χ4n) is 2.29. The molecule has 0 aliphatic carbocycles. The van der Waals surface area contributed by atoms with Crippen molar-refractivity contribution in [3.05, 3.63) is 64.7 Å². The predicted octanol–water partition coefficient (Wildman–Crippen LogP) is 5.46. The van der Waals surface area contributed by atoms with Gasteiger partial charge in [0, 0.05) is 18.2 Å². The van der Waals surface area contributed by atoms with Gasteiger partial charge in [0.1, 0.15) is 0 Å². The van der Waals surface area contributed by atoms with Crippen LogP contribution in [0, 0.1) is 0 Å². The fourth-order valence-corrected chi connectivity index (χ4v) is 2.45. The van der Waals surface area contributed by atoms with Crippen LogP contribution in [0.4, 0.5) is 11.4 Å². The Bertz CT molecular complexity index is 811. The van der Waals surface area contributed by atoms with Gasteiger partial charge in [-0.1, -0.05) is 56.6 Å². The molecule has 2 amide bonds. The maximum atomic E-state index is 12.2. The van der Waals surface area contributed by atoms with Gasteiger partial charge in [-0.3, -0.25) is 9.59 Å². The highest BCUT2D eigenvalue weighted by Crippen LogP contribution is 2.25. The van der Waals surface area contributed by atoms with E-state index in [0.29, 0.717) is 28.7 Å². The lowest BCUT2D eigenvalue weighted by Gasteiger charge is -2.09. The Morgan fingerprint density at radius 1 is 1.08 bits per heavy atom. The minimum atomic E-state index is -0.293. The van der Waals surface area contributed by atoms with Gasteiger partial charge in [0.05, 0.1) is 10.7 Å². The van der Waals surface area contributed by atoms with Crippen LogP contribution in [-0.2, 0) is 9.59 Å². The first kappa shape index (κ1) is 19.7. The van der Waals surface area contributed by atoms with Crippen molar-refractivity contribution in [3.8, 4) is 0 Å². The van der Waals surface area contributed by atoms with Crippen molar-refractivity contribution in [2.24, 2.45) is 0 Å². The molecule has 2 aromatic carbocycles. The zero-order chi connectivity index (χ0) is 19.1. The molecule has 0 bridgehead atoms. The predicted molar refractivity (Wildman–Crippen MR) is 109 cm³/mol. The molecule has 2 rings (SSSR count). The van der Waals surface area contributed by atoms with E-state index in [0.717, 1.165) is 5.56 Å². The van der Waals surface area contributed by atoms with Crippen LogP contribution in [0.5, 0.6) is 0 Å². The summed E-state index contributed by atoms with van der Waals surface area (Å²) in [6.45, 7) is 6.05. The minimum absolute atomic E-state index is 0.102. The monoisotopic (exact) mass is 370 g/mol. The lowest BCUT2D eigenvalue weighted by Crippen LogP contribution is -2.11. The Morgan fingerprint density at radius 2 is 1.77 bits per heavy atom. The minimum Gasteiger partial charge on any atom is -0.326 e. The number of hydrogen-bond acceptors (Lipinski definition) is 2. The lowest BCUT2D eigenvalue weighted by atomic mass is 10.0. The van der Waals surface area contributed by atoms with Gasteiger partial charge in [-0.15, -0.1) is 0 Å². The van der Waals surface area contributed by atoms with E-state index < -0.39 is 0 Å². The number of carbonyl (C=O) groups excluding carboxylic acids is 2. The molecule has 5 heteroatoms. The second-order valence-electron chi connectivity index (χ2n) is 6.24. The fraction of sp³-hybridized carbons (Fsp3) is 0.238. The molecule has 0 radical (unpaired) electrons. The largest absolute Gasteiger partial charge is 0.326 e. The summed E-state index contributed by atoms with van der Waals surface area (Å²) in [5.41, 5.74) is 3.24. The highest BCUT2D eigenvalue weighted by Gasteiger charge is 2.07. The third-order valence-corrected chi connectivity index (χ3v) is 4.19. The SMILES string of the molecule is CCC(=O)Nc1ccc(Cl)c(NC(=O)/C=C/c2ccc(C(C)C)cc2)c1. The van der Waals surface area contributed by atoms with Crippen LogP contribution >= 0.6 is 11.6 Å². The number of hydrogen-bond donors (Lipinski definition) is 2. The summed E-state index contributed by atoms with van der Waals surface area (Å²) in [5.74, 6) is 0.0760. The molecule has 0 spiro atoms. The summed E-state index contributed by atoms with van der Waals surface area (Å²) in [4.78, 5) is 23.6. The Hall–Kier alpha value is -2.59. The van der Waals surface area contributed by atoms with Crippen LogP contribution in [-0.4, -0.2) is 11.8 Å². The molecular formula is C21H23ClN2O2. The zero-order valence-electron chi connectivity index (χ0n) is 15.2. The van der Waals surface area contributed by atoms with Gasteiger partial charge in [-0.05, 0) is 41.3 Å². The van der Waals surface area contributed by atoms with Crippen LogP contribution in [0.25, 0.3) is 6.08 Å². The first-order chi connectivity index (χ1) is 12.4. The molecule has 0 unspecified atom stereocenters. The molecule has 0 fully saturated rings. The van der Waals surface area contributed by atoms with E-state index in [1.165, 1.54) is 11.6 Å². The molecule has 2 N–H and O–H groups in total. The van der Waals surface area contributed by atoms with E-state index in [1.807, 2.05) is 12.1 Å². The van der Waals surface area contributed by atoms with Crippen LogP contribution in [0.3, 0.4) is 0 Å². The van der Waals surface area contributed by atoms with Gasteiger partial charge < -0.3 is 10.6 Å². The molecule has 0 aliphatic rings. The van der Waals surface area contributed by atoms with Crippen molar-refractivity contribution in [2.45, 2.75) is 33.1 Å². The van der Waals surface area contributed by atoms with Gasteiger partial charge in [-0.25, -0.2) is 0 Å². The highest BCUT2D eigenvalue weighted by atomic mass is 35.5. The van der Waals surface area contributed by atoms with E-state index in [9.17, 15) is 9.59 Å². The van der Waals surface area contributed by atoms with Crippen LogP contribution in [0.2, 0.25) is 5.02 Å². The first-order valence-corrected chi connectivity index (χ1v) is 8.95. The second kappa shape index (κ2) is 9.20. The number of carbonyl (C=O) groups is 2. The van der Waals surface area contributed by atoms with Gasteiger partial charge in [0.25, 0.3) is 0 Å². The molecule has 0 aliphatic heterocycles. The Kier molecular flexibility index (Phi) is 6.98. The molecule has 0 saturated heterocycles. The van der Waals surface area contributed by atoms with Crippen LogP contribution in [0.15, 0.2) is 48.5 Å². The van der Waals surface area contributed by atoms with E-state index in [1.54, 1.807) is 31.2 Å². The van der Waals surface area contributed by atoms with Gasteiger partial charge in [-0.2, -0.15) is 0 Å². The Morgan fingerprint density at radius 3 is 2.38 bits per heavy atom. The number of nitrogens with one attached hydrogen (secondary N) is 2. The van der Waals surface area contributed by atoms with Crippen molar-refractivity contribution < 1.29 is 9.59 Å². The Balaban J connectivity index is 2.04. The summed E-state index contributed by atoms with van der Waals surface area (Å²) >= 11 is 6.12. The lowest BCUT2D eigenvalue weighted by molar-refractivity contribution is -0.116. The van der Waals surface area contributed by atoms with Gasteiger partial charge in [0.2, 0.25) is 11.8 Å². The van der Waals surface area contributed by atoms with Gasteiger partial charge >= 0.3 is 0 Å². The zero-order valence-corrected chi connectivity index (χ0v) is 15.9. The molecule has 0 aromatic heterocycles.